The van der Waals surface area contributed by atoms with E-state index in [-0.39, 0.29) is 5.91 Å². The first-order valence-corrected chi connectivity index (χ1v) is 6.52. The highest BCUT2D eigenvalue weighted by Crippen LogP contribution is 2.24. The first kappa shape index (κ1) is 12.8. The molecule has 92 valence electrons. The fourth-order valence-electron chi connectivity index (χ4n) is 1.65. The molecule has 6 heteroatoms. The minimum absolute atomic E-state index is 0.0881. The van der Waals surface area contributed by atoms with Gasteiger partial charge >= 0.3 is 0 Å². The molecule has 2 rings (SSSR count). The Balaban J connectivity index is 2.08. The van der Waals surface area contributed by atoms with Gasteiger partial charge < -0.3 is 9.64 Å². The Labute approximate surface area is 113 Å². The molecule has 0 bridgehead atoms. The second kappa shape index (κ2) is 5.80. The lowest BCUT2D eigenvalue weighted by Crippen LogP contribution is -2.42. The zero-order valence-electron chi connectivity index (χ0n) is 9.10. The number of aromatic nitrogens is 1. The minimum atomic E-state index is -0.682. The van der Waals surface area contributed by atoms with Crippen molar-refractivity contribution in [2.75, 3.05) is 26.3 Å². The molecule has 1 aliphatic heterocycles. The lowest BCUT2D eigenvalue weighted by molar-refractivity contribution is -0.134. The molecule has 0 radical (unpaired) electrons. The van der Waals surface area contributed by atoms with E-state index in [1.807, 2.05) is 6.07 Å². The molecule has 1 aliphatic rings. The molecule has 0 spiro atoms. The number of pyridine rings is 1. The molecule has 1 aromatic rings. The molecule has 1 saturated heterocycles. The summed E-state index contributed by atoms with van der Waals surface area (Å²) in [5.41, 5.74) is 0.706. The van der Waals surface area contributed by atoms with E-state index in [0.717, 1.165) is 4.47 Å². The van der Waals surface area contributed by atoms with Crippen LogP contribution in [0.5, 0.6) is 0 Å². The fourth-order valence-corrected chi connectivity index (χ4v) is 2.29. The smallest absolute Gasteiger partial charge is 0.245 e. The number of carbonyl (C=O) groups excluding carboxylic acids is 1. The van der Waals surface area contributed by atoms with E-state index in [1.54, 1.807) is 17.3 Å². The standard InChI is InChI=1S/C11H12BrClN2O2/c12-9-5-8(6-14-7-9)10(13)11(16)15-1-3-17-4-2-15/h5-7,10H,1-4H2. The van der Waals surface area contributed by atoms with Crippen molar-refractivity contribution < 1.29 is 9.53 Å². The van der Waals surface area contributed by atoms with Crippen molar-refractivity contribution in [3.63, 3.8) is 0 Å². The minimum Gasteiger partial charge on any atom is -0.378 e. The summed E-state index contributed by atoms with van der Waals surface area (Å²) in [6.45, 7) is 2.35. The summed E-state index contributed by atoms with van der Waals surface area (Å²) in [5, 5.41) is -0.682. The zero-order chi connectivity index (χ0) is 12.3. The average molecular weight is 320 g/mol. The van der Waals surface area contributed by atoms with Gasteiger partial charge in [-0.1, -0.05) is 0 Å². The molecule has 1 atom stereocenters. The Morgan fingerprint density at radius 2 is 2.18 bits per heavy atom. The summed E-state index contributed by atoms with van der Waals surface area (Å²) in [5.74, 6) is -0.0881. The lowest BCUT2D eigenvalue weighted by atomic mass is 10.2. The van der Waals surface area contributed by atoms with Crippen molar-refractivity contribution in [1.82, 2.24) is 9.88 Å². The summed E-state index contributed by atoms with van der Waals surface area (Å²) in [6, 6.07) is 1.81. The Bertz CT molecular complexity index is 410. The van der Waals surface area contributed by atoms with E-state index in [1.165, 1.54) is 0 Å². The van der Waals surface area contributed by atoms with Crippen LogP contribution < -0.4 is 0 Å². The van der Waals surface area contributed by atoms with E-state index in [4.69, 9.17) is 16.3 Å². The number of amides is 1. The van der Waals surface area contributed by atoms with Gasteiger partial charge in [-0.2, -0.15) is 0 Å². The number of alkyl halides is 1. The maximum Gasteiger partial charge on any atom is 0.245 e. The van der Waals surface area contributed by atoms with Gasteiger partial charge in [0.1, 0.15) is 5.38 Å². The first-order chi connectivity index (χ1) is 8.18. The SMILES string of the molecule is O=C(C(Cl)c1cncc(Br)c1)N1CCOCC1. The molecule has 1 amide bonds. The van der Waals surface area contributed by atoms with Crippen LogP contribution in [0.25, 0.3) is 0 Å². The Kier molecular flexibility index (Phi) is 4.36. The molecule has 0 aromatic carbocycles. The summed E-state index contributed by atoms with van der Waals surface area (Å²) in [6.07, 6.45) is 3.27. The van der Waals surface area contributed by atoms with Gasteiger partial charge in [-0.15, -0.1) is 11.6 Å². The van der Waals surface area contributed by atoms with Crippen molar-refractivity contribution in [3.05, 3.63) is 28.5 Å². The van der Waals surface area contributed by atoms with Crippen LogP contribution >= 0.6 is 27.5 Å². The lowest BCUT2D eigenvalue weighted by Gasteiger charge is -2.28. The topological polar surface area (TPSA) is 42.4 Å². The predicted molar refractivity (Wildman–Crippen MR) is 67.9 cm³/mol. The predicted octanol–water partition coefficient (Wildman–Crippen LogP) is 1.98. The second-order valence-electron chi connectivity index (χ2n) is 3.74. The van der Waals surface area contributed by atoms with Gasteiger partial charge in [0.05, 0.1) is 13.2 Å². The molecule has 0 N–H and O–H groups in total. The molecule has 0 saturated carbocycles. The van der Waals surface area contributed by atoms with Crippen LogP contribution in [0.4, 0.5) is 0 Å². The normalized spacial score (nSPS) is 17.9. The highest BCUT2D eigenvalue weighted by molar-refractivity contribution is 9.10. The van der Waals surface area contributed by atoms with Crippen LogP contribution in [0.1, 0.15) is 10.9 Å². The number of hydrogen-bond donors (Lipinski definition) is 0. The highest BCUT2D eigenvalue weighted by Gasteiger charge is 2.25. The number of nitrogens with zero attached hydrogens (tertiary/aromatic N) is 2. The monoisotopic (exact) mass is 318 g/mol. The van der Waals surface area contributed by atoms with Crippen LogP contribution in [0.3, 0.4) is 0 Å². The summed E-state index contributed by atoms with van der Waals surface area (Å²) in [7, 11) is 0. The third-order valence-corrected chi connectivity index (χ3v) is 3.43. The van der Waals surface area contributed by atoms with Gasteiger partial charge in [-0.25, -0.2) is 0 Å². The Morgan fingerprint density at radius 1 is 1.47 bits per heavy atom. The van der Waals surface area contributed by atoms with E-state index < -0.39 is 5.38 Å². The van der Waals surface area contributed by atoms with Crippen molar-refractivity contribution in [2.24, 2.45) is 0 Å². The van der Waals surface area contributed by atoms with Crippen molar-refractivity contribution in [3.8, 4) is 0 Å². The van der Waals surface area contributed by atoms with Crippen molar-refractivity contribution >= 4 is 33.4 Å². The summed E-state index contributed by atoms with van der Waals surface area (Å²) >= 11 is 9.48. The molecular formula is C11H12BrClN2O2. The quantitative estimate of drug-likeness (QED) is 0.783. The molecular weight excluding hydrogens is 307 g/mol. The zero-order valence-corrected chi connectivity index (χ0v) is 11.4. The van der Waals surface area contributed by atoms with Gasteiger partial charge in [0.25, 0.3) is 0 Å². The fraction of sp³-hybridized carbons (Fsp3) is 0.455. The largest absolute Gasteiger partial charge is 0.378 e. The maximum absolute atomic E-state index is 12.1. The molecule has 0 aliphatic carbocycles. The Morgan fingerprint density at radius 3 is 2.82 bits per heavy atom. The van der Waals surface area contributed by atoms with Gasteiger partial charge in [-0.05, 0) is 27.6 Å². The van der Waals surface area contributed by atoms with Crippen LogP contribution in [-0.2, 0) is 9.53 Å². The van der Waals surface area contributed by atoms with Gasteiger partial charge in [0.2, 0.25) is 5.91 Å². The van der Waals surface area contributed by atoms with Gasteiger partial charge in [0, 0.05) is 30.0 Å². The van der Waals surface area contributed by atoms with Crippen molar-refractivity contribution in [2.45, 2.75) is 5.38 Å². The van der Waals surface area contributed by atoms with Crippen LogP contribution in [0.15, 0.2) is 22.9 Å². The second-order valence-corrected chi connectivity index (χ2v) is 5.09. The van der Waals surface area contributed by atoms with E-state index >= 15 is 0 Å². The molecule has 2 heterocycles. The van der Waals surface area contributed by atoms with Crippen LogP contribution in [-0.4, -0.2) is 42.1 Å². The molecule has 1 unspecified atom stereocenters. The number of hydrogen-bond acceptors (Lipinski definition) is 3. The molecule has 17 heavy (non-hydrogen) atoms. The average Bonchev–Trinajstić information content (AvgIpc) is 2.38. The van der Waals surface area contributed by atoms with Crippen LogP contribution in [0, 0.1) is 0 Å². The third-order valence-electron chi connectivity index (χ3n) is 2.56. The number of carbonyl (C=O) groups is 1. The highest BCUT2D eigenvalue weighted by atomic mass is 79.9. The van der Waals surface area contributed by atoms with Crippen LogP contribution in [0.2, 0.25) is 0 Å². The van der Waals surface area contributed by atoms with E-state index in [2.05, 4.69) is 20.9 Å². The number of morpholine rings is 1. The number of ether oxygens (including phenoxy) is 1. The molecule has 4 nitrogen and oxygen atoms in total. The van der Waals surface area contributed by atoms with Gasteiger partial charge in [0.15, 0.2) is 0 Å². The molecule has 1 aromatic heterocycles. The van der Waals surface area contributed by atoms with Gasteiger partial charge in [-0.3, -0.25) is 9.78 Å². The maximum atomic E-state index is 12.1. The summed E-state index contributed by atoms with van der Waals surface area (Å²) < 4.78 is 6.01. The first-order valence-electron chi connectivity index (χ1n) is 5.29. The van der Waals surface area contributed by atoms with E-state index in [0.29, 0.717) is 31.9 Å². The van der Waals surface area contributed by atoms with E-state index in [9.17, 15) is 4.79 Å². The number of halogens is 2. The third kappa shape index (κ3) is 3.18. The molecule has 1 fully saturated rings. The summed E-state index contributed by atoms with van der Waals surface area (Å²) in [4.78, 5) is 17.8. The number of rotatable bonds is 2. The Hall–Kier alpha value is -0.650. The van der Waals surface area contributed by atoms with Crippen molar-refractivity contribution in [1.29, 1.82) is 0 Å².